The minimum atomic E-state index is -0.105. The number of morpholine rings is 1. The largest absolute Gasteiger partial charge is 0.379 e. The number of aromatic nitrogens is 1. The highest BCUT2D eigenvalue weighted by molar-refractivity contribution is 7.13. The average molecular weight is 317 g/mol. The van der Waals surface area contributed by atoms with Crippen LogP contribution < -0.4 is 5.32 Å². The van der Waals surface area contributed by atoms with E-state index in [4.69, 9.17) is 4.74 Å². The molecule has 0 bridgehead atoms. The van der Waals surface area contributed by atoms with Crippen molar-refractivity contribution in [2.75, 3.05) is 31.6 Å². The first-order valence-electron chi connectivity index (χ1n) is 7.33. The number of aryl methyl sites for hydroxylation is 1. The van der Waals surface area contributed by atoms with Crippen molar-refractivity contribution in [3.05, 3.63) is 45.9 Å². The number of carbonyl (C=O) groups is 1. The van der Waals surface area contributed by atoms with Crippen molar-refractivity contribution in [1.82, 2.24) is 9.88 Å². The number of benzene rings is 1. The Labute approximate surface area is 133 Å². The van der Waals surface area contributed by atoms with Crippen LogP contribution in [0.4, 0.5) is 5.69 Å². The fourth-order valence-electron chi connectivity index (χ4n) is 2.37. The molecule has 1 fully saturated rings. The number of carbonyl (C=O) groups excluding carboxylic acids is 1. The Morgan fingerprint density at radius 1 is 1.32 bits per heavy atom. The topological polar surface area (TPSA) is 54.5 Å². The van der Waals surface area contributed by atoms with E-state index in [-0.39, 0.29) is 5.91 Å². The zero-order valence-corrected chi connectivity index (χ0v) is 13.4. The molecule has 22 heavy (non-hydrogen) atoms. The highest BCUT2D eigenvalue weighted by atomic mass is 32.1. The molecule has 0 aliphatic carbocycles. The molecule has 0 atom stereocenters. The van der Waals surface area contributed by atoms with Crippen LogP contribution >= 0.6 is 11.3 Å². The molecule has 6 heteroatoms. The molecule has 1 aliphatic rings. The van der Waals surface area contributed by atoms with Gasteiger partial charge in [-0.05, 0) is 24.6 Å². The van der Waals surface area contributed by atoms with Gasteiger partial charge in [-0.15, -0.1) is 11.3 Å². The number of nitrogens with one attached hydrogen (secondary N) is 1. The van der Waals surface area contributed by atoms with Crippen LogP contribution in [0.1, 0.15) is 20.2 Å². The van der Waals surface area contributed by atoms with Crippen LogP contribution in [0, 0.1) is 6.92 Å². The van der Waals surface area contributed by atoms with Crippen LogP contribution in [0.15, 0.2) is 30.5 Å². The number of hydrogen-bond donors (Lipinski definition) is 1. The quantitative estimate of drug-likeness (QED) is 0.941. The van der Waals surface area contributed by atoms with Crippen molar-refractivity contribution >= 4 is 22.9 Å². The van der Waals surface area contributed by atoms with Gasteiger partial charge in [-0.3, -0.25) is 9.69 Å². The number of thiazole rings is 1. The average Bonchev–Trinajstić information content (AvgIpc) is 2.97. The zero-order valence-electron chi connectivity index (χ0n) is 12.5. The first kappa shape index (κ1) is 15.1. The fraction of sp³-hybridized carbons (Fsp3) is 0.375. The Hall–Kier alpha value is -1.76. The monoisotopic (exact) mass is 317 g/mol. The number of nitrogens with zero attached hydrogens (tertiary/aromatic N) is 2. The molecular weight excluding hydrogens is 298 g/mol. The third kappa shape index (κ3) is 3.91. The smallest absolute Gasteiger partial charge is 0.267 e. The van der Waals surface area contributed by atoms with Crippen molar-refractivity contribution in [1.29, 1.82) is 0 Å². The van der Waals surface area contributed by atoms with E-state index in [0.717, 1.165) is 43.5 Å². The van der Waals surface area contributed by atoms with Gasteiger partial charge < -0.3 is 10.1 Å². The molecule has 2 heterocycles. The standard InChI is InChI=1S/C16H19N3O2S/c1-12-17-10-15(22-12)16(20)18-14-4-2-13(3-5-14)11-19-6-8-21-9-7-19/h2-5,10H,6-9,11H2,1H3,(H,18,20). The SMILES string of the molecule is Cc1ncc(C(=O)Nc2ccc(CN3CCOCC3)cc2)s1. The number of ether oxygens (including phenoxy) is 1. The van der Waals surface area contributed by atoms with Crippen molar-refractivity contribution < 1.29 is 9.53 Å². The summed E-state index contributed by atoms with van der Waals surface area (Å²) in [7, 11) is 0. The van der Waals surface area contributed by atoms with E-state index < -0.39 is 0 Å². The number of anilines is 1. The molecular formula is C16H19N3O2S. The molecule has 0 spiro atoms. The number of rotatable bonds is 4. The van der Waals surface area contributed by atoms with Crippen LogP contribution in [0.5, 0.6) is 0 Å². The maximum Gasteiger partial charge on any atom is 0.267 e. The molecule has 1 aliphatic heterocycles. The Morgan fingerprint density at radius 2 is 2.05 bits per heavy atom. The van der Waals surface area contributed by atoms with Gasteiger partial charge in [0.05, 0.1) is 24.4 Å². The van der Waals surface area contributed by atoms with Crippen LogP contribution in [0.25, 0.3) is 0 Å². The molecule has 1 aromatic carbocycles. The third-order valence-electron chi connectivity index (χ3n) is 3.57. The molecule has 3 rings (SSSR count). The summed E-state index contributed by atoms with van der Waals surface area (Å²) in [6.07, 6.45) is 1.61. The molecule has 5 nitrogen and oxygen atoms in total. The molecule has 0 radical (unpaired) electrons. The minimum Gasteiger partial charge on any atom is -0.379 e. The van der Waals surface area contributed by atoms with Crippen LogP contribution in [-0.4, -0.2) is 42.1 Å². The fourth-order valence-corrected chi connectivity index (χ4v) is 3.04. The van der Waals surface area contributed by atoms with E-state index >= 15 is 0 Å². The Morgan fingerprint density at radius 3 is 2.68 bits per heavy atom. The minimum absolute atomic E-state index is 0.105. The van der Waals surface area contributed by atoms with Gasteiger partial charge >= 0.3 is 0 Å². The zero-order chi connectivity index (χ0) is 15.4. The highest BCUT2D eigenvalue weighted by Crippen LogP contribution is 2.16. The second-order valence-corrected chi connectivity index (χ2v) is 6.52. The van der Waals surface area contributed by atoms with Crippen LogP contribution in [0.2, 0.25) is 0 Å². The first-order valence-corrected chi connectivity index (χ1v) is 8.15. The molecule has 2 aromatic rings. The van der Waals surface area contributed by atoms with E-state index in [2.05, 4.69) is 27.3 Å². The summed E-state index contributed by atoms with van der Waals surface area (Å²) in [4.78, 5) is 19.2. The van der Waals surface area contributed by atoms with Gasteiger partial charge in [0.2, 0.25) is 0 Å². The third-order valence-corrected chi connectivity index (χ3v) is 4.48. The van der Waals surface area contributed by atoms with Crippen molar-refractivity contribution in [3.63, 3.8) is 0 Å². The van der Waals surface area contributed by atoms with Crippen molar-refractivity contribution in [2.24, 2.45) is 0 Å². The van der Waals surface area contributed by atoms with E-state index in [1.54, 1.807) is 6.20 Å². The van der Waals surface area contributed by atoms with Gasteiger partial charge in [-0.2, -0.15) is 0 Å². The van der Waals surface area contributed by atoms with Crippen LogP contribution in [0.3, 0.4) is 0 Å². The van der Waals surface area contributed by atoms with Crippen LogP contribution in [-0.2, 0) is 11.3 Å². The Balaban J connectivity index is 1.58. The molecule has 1 amide bonds. The summed E-state index contributed by atoms with van der Waals surface area (Å²) < 4.78 is 5.35. The van der Waals surface area contributed by atoms with E-state index in [0.29, 0.717) is 4.88 Å². The summed E-state index contributed by atoms with van der Waals surface area (Å²) in [6.45, 7) is 6.38. The van der Waals surface area contributed by atoms with Gasteiger partial charge in [0.25, 0.3) is 5.91 Å². The molecule has 116 valence electrons. The second-order valence-electron chi connectivity index (χ2n) is 5.28. The molecule has 1 N–H and O–H groups in total. The summed E-state index contributed by atoms with van der Waals surface area (Å²) in [5, 5.41) is 3.79. The lowest BCUT2D eigenvalue weighted by atomic mass is 10.2. The van der Waals surface area contributed by atoms with E-state index in [1.807, 2.05) is 19.1 Å². The Kier molecular flexibility index (Phi) is 4.82. The van der Waals surface area contributed by atoms with Crippen molar-refractivity contribution in [2.45, 2.75) is 13.5 Å². The van der Waals surface area contributed by atoms with Gasteiger partial charge in [0.1, 0.15) is 4.88 Å². The van der Waals surface area contributed by atoms with E-state index in [1.165, 1.54) is 16.9 Å². The molecule has 1 saturated heterocycles. The lowest BCUT2D eigenvalue weighted by Crippen LogP contribution is -2.35. The summed E-state index contributed by atoms with van der Waals surface area (Å²) in [5.41, 5.74) is 2.05. The molecule has 0 unspecified atom stereocenters. The maximum absolute atomic E-state index is 12.1. The van der Waals surface area contributed by atoms with Gasteiger partial charge in [0.15, 0.2) is 0 Å². The maximum atomic E-state index is 12.1. The normalized spacial score (nSPS) is 15.7. The van der Waals surface area contributed by atoms with Gasteiger partial charge in [0, 0.05) is 25.3 Å². The predicted octanol–water partition coefficient (Wildman–Crippen LogP) is 2.54. The first-order chi connectivity index (χ1) is 10.7. The number of hydrogen-bond acceptors (Lipinski definition) is 5. The molecule has 0 saturated carbocycles. The Bertz CT molecular complexity index is 633. The van der Waals surface area contributed by atoms with Crippen molar-refractivity contribution in [3.8, 4) is 0 Å². The summed E-state index contributed by atoms with van der Waals surface area (Å²) in [5.74, 6) is -0.105. The summed E-state index contributed by atoms with van der Waals surface area (Å²) in [6, 6.07) is 8.01. The van der Waals surface area contributed by atoms with Gasteiger partial charge in [-0.25, -0.2) is 4.98 Å². The predicted molar refractivity (Wildman–Crippen MR) is 87.3 cm³/mol. The number of amides is 1. The van der Waals surface area contributed by atoms with E-state index in [9.17, 15) is 4.79 Å². The highest BCUT2D eigenvalue weighted by Gasteiger charge is 2.11. The lowest BCUT2D eigenvalue weighted by molar-refractivity contribution is 0.0342. The van der Waals surface area contributed by atoms with Gasteiger partial charge in [-0.1, -0.05) is 12.1 Å². The lowest BCUT2D eigenvalue weighted by Gasteiger charge is -2.26. The molecule has 1 aromatic heterocycles. The second kappa shape index (κ2) is 7.00. The summed E-state index contributed by atoms with van der Waals surface area (Å²) >= 11 is 1.40.